The number of amides is 1. The highest BCUT2D eigenvalue weighted by atomic mass is 16.6. The van der Waals surface area contributed by atoms with E-state index in [1.807, 2.05) is 0 Å². The van der Waals surface area contributed by atoms with E-state index in [1.165, 1.54) is 24.3 Å². The Morgan fingerprint density at radius 2 is 1.81 bits per heavy atom. The van der Waals surface area contributed by atoms with Crippen LogP contribution in [0.15, 0.2) is 30.3 Å². The van der Waals surface area contributed by atoms with E-state index < -0.39 is 4.92 Å². The van der Waals surface area contributed by atoms with Crippen LogP contribution in [0.3, 0.4) is 0 Å². The molecule has 0 bridgehead atoms. The van der Waals surface area contributed by atoms with E-state index in [0.717, 1.165) is 5.82 Å². The number of methoxy groups -OCH3 is 1. The number of nitro groups is 1. The normalized spacial score (nSPS) is 14.2. The zero-order valence-corrected chi connectivity index (χ0v) is 14.6. The van der Waals surface area contributed by atoms with Crippen molar-refractivity contribution < 1.29 is 14.5 Å². The largest absolute Gasteiger partial charge is 0.481 e. The Labute approximate surface area is 150 Å². The van der Waals surface area contributed by atoms with Crippen molar-refractivity contribution >= 4 is 17.4 Å². The number of ether oxygens (including phenoxy) is 1. The van der Waals surface area contributed by atoms with Gasteiger partial charge in [-0.3, -0.25) is 14.9 Å². The molecule has 2 aromatic rings. The second-order valence-corrected chi connectivity index (χ2v) is 5.90. The summed E-state index contributed by atoms with van der Waals surface area (Å²) >= 11 is 0. The Balaban J connectivity index is 1.65. The molecule has 3 rings (SSSR count). The first-order valence-corrected chi connectivity index (χ1v) is 8.16. The summed E-state index contributed by atoms with van der Waals surface area (Å²) in [5.41, 5.74) is 0.419. The quantitative estimate of drug-likeness (QED) is 0.606. The lowest BCUT2D eigenvalue weighted by Crippen LogP contribution is -2.49. The lowest BCUT2D eigenvalue weighted by atomic mass is 10.1. The molecule has 1 aromatic carbocycles. The number of rotatable bonds is 4. The Morgan fingerprint density at radius 3 is 2.38 bits per heavy atom. The molecule has 0 N–H and O–H groups in total. The van der Waals surface area contributed by atoms with E-state index >= 15 is 0 Å². The number of piperazine rings is 1. The molecule has 0 aliphatic carbocycles. The lowest BCUT2D eigenvalue weighted by molar-refractivity contribution is -0.384. The molecule has 1 aliphatic heterocycles. The molecule has 1 amide bonds. The SMILES string of the molecule is COc1cc(N2CCN(C(=O)c3ccc([N+](=O)[O-])cc3)CC2)nc(C)n1. The zero-order chi connectivity index (χ0) is 18.7. The molecule has 0 saturated carbocycles. The van der Waals surface area contributed by atoms with E-state index in [0.29, 0.717) is 43.4 Å². The lowest BCUT2D eigenvalue weighted by Gasteiger charge is -2.35. The number of hydrogen-bond donors (Lipinski definition) is 0. The van der Waals surface area contributed by atoms with Crippen LogP contribution in [0, 0.1) is 17.0 Å². The smallest absolute Gasteiger partial charge is 0.269 e. The number of aromatic nitrogens is 2. The second-order valence-electron chi connectivity index (χ2n) is 5.90. The third kappa shape index (κ3) is 3.71. The number of anilines is 1. The van der Waals surface area contributed by atoms with Crippen LogP contribution in [0.25, 0.3) is 0 Å². The van der Waals surface area contributed by atoms with Gasteiger partial charge in [-0.2, -0.15) is 4.98 Å². The van der Waals surface area contributed by atoms with Crippen molar-refractivity contribution in [2.45, 2.75) is 6.92 Å². The predicted molar refractivity (Wildman–Crippen MR) is 94.5 cm³/mol. The molecule has 2 heterocycles. The van der Waals surface area contributed by atoms with Crippen molar-refractivity contribution in [2.75, 3.05) is 38.2 Å². The molecule has 26 heavy (non-hydrogen) atoms. The van der Waals surface area contributed by atoms with E-state index in [9.17, 15) is 14.9 Å². The summed E-state index contributed by atoms with van der Waals surface area (Å²) in [7, 11) is 1.56. The molecule has 1 saturated heterocycles. The Morgan fingerprint density at radius 1 is 1.15 bits per heavy atom. The van der Waals surface area contributed by atoms with Crippen LogP contribution < -0.4 is 9.64 Å². The number of aryl methyl sites for hydroxylation is 1. The van der Waals surface area contributed by atoms with Crippen molar-refractivity contribution in [1.29, 1.82) is 0 Å². The molecule has 9 heteroatoms. The minimum absolute atomic E-state index is 0.0283. The number of hydrogen-bond acceptors (Lipinski definition) is 7. The summed E-state index contributed by atoms with van der Waals surface area (Å²) in [5.74, 6) is 1.79. The van der Waals surface area contributed by atoms with E-state index in [-0.39, 0.29) is 11.6 Å². The molecule has 0 unspecified atom stereocenters. The minimum Gasteiger partial charge on any atom is -0.481 e. The number of benzene rings is 1. The maximum Gasteiger partial charge on any atom is 0.269 e. The summed E-state index contributed by atoms with van der Waals surface area (Å²) in [6.45, 7) is 4.17. The standard InChI is InChI=1S/C17H19N5O4/c1-12-18-15(11-16(19-12)26-2)20-7-9-21(10-8-20)17(23)13-3-5-14(6-4-13)22(24)25/h3-6,11H,7-10H2,1-2H3. The summed E-state index contributed by atoms with van der Waals surface area (Å²) in [4.78, 5) is 35.2. The third-order valence-electron chi connectivity index (χ3n) is 4.23. The Hall–Kier alpha value is -3.23. The van der Waals surface area contributed by atoms with Gasteiger partial charge in [-0.25, -0.2) is 4.98 Å². The van der Waals surface area contributed by atoms with Gasteiger partial charge in [0.1, 0.15) is 11.6 Å². The highest BCUT2D eigenvalue weighted by molar-refractivity contribution is 5.94. The fraction of sp³-hybridized carbons (Fsp3) is 0.353. The summed E-state index contributed by atoms with van der Waals surface area (Å²) in [6, 6.07) is 7.45. The number of non-ortho nitro benzene ring substituents is 1. The second kappa shape index (κ2) is 7.34. The Kier molecular flexibility index (Phi) is 4.97. The van der Waals surface area contributed by atoms with Crippen LogP contribution in [0.2, 0.25) is 0 Å². The number of nitrogens with zero attached hydrogens (tertiary/aromatic N) is 5. The van der Waals surface area contributed by atoms with Crippen molar-refractivity contribution in [3.05, 3.63) is 51.8 Å². The van der Waals surface area contributed by atoms with E-state index in [4.69, 9.17) is 4.74 Å². The van der Waals surface area contributed by atoms with Crippen molar-refractivity contribution in [3.63, 3.8) is 0 Å². The third-order valence-corrected chi connectivity index (χ3v) is 4.23. The van der Waals surface area contributed by atoms with Crippen molar-refractivity contribution in [3.8, 4) is 5.88 Å². The number of nitro benzene ring substituents is 1. The molecule has 0 atom stereocenters. The van der Waals surface area contributed by atoms with E-state index in [1.54, 1.807) is 25.0 Å². The highest BCUT2D eigenvalue weighted by Crippen LogP contribution is 2.20. The Bertz CT molecular complexity index is 816. The van der Waals surface area contributed by atoms with Gasteiger partial charge in [0.25, 0.3) is 11.6 Å². The first kappa shape index (κ1) is 17.6. The van der Waals surface area contributed by atoms with Gasteiger partial charge in [0.15, 0.2) is 0 Å². The summed E-state index contributed by atoms with van der Waals surface area (Å²) in [5, 5.41) is 10.7. The van der Waals surface area contributed by atoms with Crippen LogP contribution >= 0.6 is 0 Å². The van der Waals surface area contributed by atoms with Crippen LogP contribution in [0.4, 0.5) is 11.5 Å². The molecule has 1 fully saturated rings. The molecular weight excluding hydrogens is 338 g/mol. The predicted octanol–water partition coefficient (Wildman–Crippen LogP) is 1.66. The molecule has 9 nitrogen and oxygen atoms in total. The highest BCUT2D eigenvalue weighted by Gasteiger charge is 2.24. The fourth-order valence-electron chi connectivity index (χ4n) is 2.84. The van der Waals surface area contributed by atoms with Crippen LogP contribution in [-0.4, -0.2) is 59.0 Å². The van der Waals surface area contributed by atoms with Gasteiger partial charge < -0.3 is 14.5 Å². The average molecular weight is 357 g/mol. The molecule has 1 aliphatic rings. The molecule has 136 valence electrons. The van der Waals surface area contributed by atoms with Crippen LogP contribution in [0.5, 0.6) is 5.88 Å². The fourth-order valence-corrected chi connectivity index (χ4v) is 2.84. The summed E-state index contributed by atoms with van der Waals surface area (Å²) in [6.07, 6.45) is 0. The number of carbonyl (C=O) groups excluding carboxylic acids is 1. The minimum atomic E-state index is -0.481. The molecule has 0 spiro atoms. The van der Waals surface area contributed by atoms with Gasteiger partial charge in [-0.15, -0.1) is 0 Å². The first-order chi connectivity index (χ1) is 12.5. The molecular formula is C17H19N5O4. The van der Waals surface area contributed by atoms with E-state index in [2.05, 4.69) is 14.9 Å². The molecule has 0 radical (unpaired) electrons. The summed E-state index contributed by atoms with van der Waals surface area (Å²) < 4.78 is 5.18. The maximum absolute atomic E-state index is 12.6. The van der Waals surface area contributed by atoms with Gasteiger partial charge in [0.05, 0.1) is 12.0 Å². The topological polar surface area (TPSA) is 102 Å². The number of carbonyl (C=O) groups is 1. The van der Waals surface area contributed by atoms with Crippen molar-refractivity contribution in [2.24, 2.45) is 0 Å². The van der Waals surface area contributed by atoms with Crippen molar-refractivity contribution in [1.82, 2.24) is 14.9 Å². The first-order valence-electron chi connectivity index (χ1n) is 8.16. The van der Waals surface area contributed by atoms with Gasteiger partial charge in [-0.05, 0) is 19.1 Å². The molecule has 1 aromatic heterocycles. The van der Waals surface area contributed by atoms with Gasteiger partial charge >= 0.3 is 0 Å². The van der Waals surface area contributed by atoms with Gasteiger partial charge in [-0.1, -0.05) is 0 Å². The maximum atomic E-state index is 12.6. The van der Waals surface area contributed by atoms with Crippen LogP contribution in [-0.2, 0) is 0 Å². The zero-order valence-electron chi connectivity index (χ0n) is 14.6. The average Bonchev–Trinajstić information content (AvgIpc) is 2.67. The van der Waals surface area contributed by atoms with Gasteiger partial charge in [0.2, 0.25) is 5.88 Å². The monoisotopic (exact) mass is 357 g/mol. The van der Waals surface area contributed by atoms with Gasteiger partial charge in [0, 0.05) is 49.9 Å². The van der Waals surface area contributed by atoms with Crippen LogP contribution in [0.1, 0.15) is 16.2 Å².